The van der Waals surface area contributed by atoms with E-state index in [1.807, 2.05) is 0 Å². The maximum Gasteiger partial charge on any atom is 0.0586 e. The molecule has 1 heterocycles. The van der Waals surface area contributed by atoms with Gasteiger partial charge in [-0.25, -0.2) is 0 Å². The zero-order valence-corrected chi connectivity index (χ0v) is 11.7. The highest BCUT2D eigenvalue weighted by Gasteiger charge is 2.22. The van der Waals surface area contributed by atoms with Gasteiger partial charge in [0.25, 0.3) is 0 Å². The van der Waals surface area contributed by atoms with E-state index in [0.717, 1.165) is 0 Å². The molecule has 0 aromatic heterocycles. The summed E-state index contributed by atoms with van der Waals surface area (Å²) in [4.78, 5) is 2.48. The average Bonchev–Trinajstić information content (AvgIpc) is 2.80. The summed E-state index contributed by atoms with van der Waals surface area (Å²) in [6.07, 6.45) is 13.6. The number of nitrogens with zero attached hydrogens (tertiary/aromatic N) is 1. The van der Waals surface area contributed by atoms with E-state index in [9.17, 15) is 5.11 Å². The summed E-state index contributed by atoms with van der Waals surface area (Å²) >= 11 is 0. The van der Waals surface area contributed by atoms with Crippen molar-refractivity contribution in [2.45, 2.75) is 77.2 Å². The Labute approximate surface area is 107 Å². The molecule has 1 saturated heterocycles. The van der Waals surface area contributed by atoms with E-state index >= 15 is 0 Å². The van der Waals surface area contributed by atoms with Gasteiger partial charge in [-0.1, -0.05) is 51.9 Å². The zero-order chi connectivity index (χ0) is 12.3. The topological polar surface area (TPSA) is 23.5 Å². The number of aliphatic hydroxyl groups is 1. The second-order valence-corrected chi connectivity index (χ2v) is 5.49. The van der Waals surface area contributed by atoms with Crippen LogP contribution in [-0.2, 0) is 0 Å². The van der Waals surface area contributed by atoms with Crippen LogP contribution in [0.5, 0.6) is 0 Å². The molecule has 0 spiro atoms. The molecule has 1 atom stereocenters. The molecule has 102 valence electrons. The van der Waals surface area contributed by atoms with Gasteiger partial charge in [0, 0.05) is 6.04 Å². The van der Waals surface area contributed by atoms with Crippen LogP contribution in [0.2, 0.25) is 0 Å². The molecule has 0 saturated carbocycles. The minimum atomic E-state index is 0.358. The highest BCUT2D eigenvalue weighted by Crippen LogP contribution is 2.17. The van der Waals surface area contributed by atoms with Crippen LogP contribution < -0.4 is 0 Å². The van der Waals surface area contributed by atoms with E-state index in [1.165, 1.54) is 77.3 Å². The Morgan fingerprint density at radius 1 is 1.00 bits per heavy atom. The van der Waals surface area contributed by atoms with Crippen molar-refractivity contribution < 1.29 is 5.11 Å². The Kier molecular flexibility index (Phi) is 8.72. The zero-order valence-electron chi connectivity index (χ0n) is 11.7. The first-order valence-electron chi connectivity index (χ1n) is 7.73. The number of hydrogen-bond acceptors (Lipinski definition) is 2. The van der Waals surface area contributed by atoms with E-state index < -0.39 is 0 Å². The van der Waals surface area contributed by atoms with E-state index in [4.69, 9.17) is 0 Å². The average molecular weight is 241 g/mol. The molecular weight excluding hydrogens is 210 g/mol. The van der Waals surface area contributed by atoms with Crippen molar-refractivity contribution in [1.82, 2.24) is 4.90 Å². The van der Waals surface area contributed by atoms with E-state index in [2.05, 4.69) is 11.8 Å². The van der Waals surface area contributed by atoms with Gasteiger partial charge in [0.2, 0.25) is 0 Å². The minimum Gasteiger partial charge on any atom is -0.395 e. The molecule has 0 amide bonds. The van der Waals surface area contributed by atoms with Gasteiger partial charge in [-0.05, 0) is 32.4 Å². The molecule has 1 rings (SSSR count). The first-order valence-corrected chi connectivity index (χ1v) is 7.73. The van der Waals surface area contributed by atoms with Crippen LogP contribution in [0.25, 0.3) is 0 Å². The van der Waals surface area contributed by atoms with Crippen LogP contribution >= 0.6 is 0 Å². The standard InChI is InChI=1S/C15H31NO/c1-2-3-4-5-6-7-8-9-12-16-13-10-11-15(16)14-17/h15,17H,2-14H2,1H3/t15-/m1/s1. The van der Waals surface area contributed by atoms with Crippen LogP contribution in [0.1, 0.15) is 71.1 Å². The third-order valence-corrected chi connectivity index (χ3v) is 4.01. The van der Waals surface area contributed by atoms with Gasteiger partial charge in [-0.15, -0.1) is 0 Å². The van der Waals surface area contributed by atoms with Crippen molar-refractivity contribution in [3.8, 4) is 0 Å². The number of rotatable bonds is 10. The van der Waals surface area contributed by atoms with Gasteiger partial charge in [0.15, 0.2) is 0 Å². The first-order chi connectivity index (χ1) is 8.38. The predicted molar refractivity (Wildman–Crippen MR) is 74.3 cm³/mol. The van der Waals surface area contributed by atoms with Gasteiger partial charge >= 0.3 is 0 Å². The molecule has 1 N–H and O–H groups in total. The molecule has 2 nitrogen and oxygen atoms in total. The molecule has 0 unspecified atom stereocenters. The first kappa shape index (κ1) is 15.0. The molecular formula is C15H31NO. The summed E-state index contributed by atoms with van der Waals surface area (Å²) in [6, 6.07) is 0.472. The fourth-order valence-electron chi connectivity index (χ4n) is 2.85. The lowest BCUT2D eigenvalue weighted by molar-refractivity contribution is 0.157. The van der Waals surface area contributed by atoms with Crippen molar-refractivity contribution in [1.29, 1.82) is 0 Å². The quantitative estimate of drug-likeness (QED) is 0.591. The Balaban J connectivity index is 1.87. The van der Waals surface area contributed by atoms with Gasteiger partial charge in [-0.3, -0.25) is 4.90 Å². The fourth-order valence-corrected chi connectivity index (χ4v) is 2.85. The van der Waals surface area contributed by atoms with Crippen LogP contribution in [-0.4, -0.2) is 35.7 Å². The third-order valence-electron chi connectivity index (χ3n) is 4.01. The SMILES string of the molecule is CCCCCCCCCCN1CCC[C@@H]1CO. The monoisotopic (exact) mass is 241 g/mol. The molecule has 0 aromatic carbocycles. The second-order valence-electron chi connectivity index (χ2n) is 5.49. The van der Waals surface area contributed by atoms with Crippen molar-refractivity contribution in [3.05, 3.63) is 0 Å². The molecule has 1 aliphatic heterocycles. The minimum absolute atomic E-state index is 0.358. The molecule has 0 radical (unpaired) electrons. The molecule has 1 fully saturated rings. The van der Waals surface area contributed by atoms with E-state index in [0.29, 0.717) is 12.6 Å². The summed E-state index contributed by atoms with van der Waals surface area (Å²) in [5, 5.41) is 9.22. The largest absolute Gasteiger partial charge is 0.395 e. The third kappa shape index (κ3) is 6.42. The molecule has 2 heteroatoms. The van der Waals surface area contributed by atoms with E-state index in [-0.39, 0.29) is 0 Å². The number of aliphatic hydroxyl groups excluding tert-OH is 1. The number of hydrogen-bond donors (Lipinski definition) is 1. The second kappa shape index (κ2) is 9.90. The summed E-state index contributed by atoms with van der Waals surface area (Å²) in [5.41, 5.74) is 0. The lowest BCUT2D eigenvalue weighted by Gasteiger charge is -2.22. The fraction of sp³-hybridized carbons (Fsp3) is 1.00. The molecule has 0 aromatic rings. The maximum atomic E-state index is 9.22. The summed E-state index contributed by atoms with van der Waals surface area (Å²) in [7, 11) is 0. The van der Waals surface area contributed by atoms with E-state index in [1.54, 1.807) is 0 Å². The van der Waals surface area contributed by atoms with Gasteiger partial charge in [-0.2, -0.15) is 0 Å². The Morgan fingerprint density at radius 3 is 2.29 bits per heavy atom. The van der Waals surface area contributed by atoms with Crippen LogP contribution in [0.15, 0.2) is 0 Å². The van der Waals surface area contributed by atoms with Gasteiger partial charge < -0.3 is 5.11 Å². The van der Waals surface area contributed by atoms with Gasteiger partial charge in [0.05, 0.1) is 6.61 Å². The Hall–Kier alpha value is -0.0800. The Morgan fingerprint density at radius 2 is 1.65 bits per heavy atom. The molecule has 17 heavy (non-hydrogen) atoms. The van der Waals surface area contributed by atoms with Gasteiger partial charge in [0.1, 0.15) is 0 Å². The van der Waals surface area contributed by atoms with Crippen molar-refractivity contribution in [3.63, 3.8) is 0 Å². The summed E-state index contributed by atoms with van der Waals surface area (Å²) in [5.74, 6) is 0. The summed E-state index contributed by atoms with van der Waals surface area (Å²) in [6.45, 7) is 5.05. The van der Waals surface area contributed by atoms with Crippen LogP contribution in [0.3, 0.4) is 0 Å². The van der Waals surface area contributed by atoms with Crippen molar-refractivity contribution >= 4 is 0 Å². The number of likely N-dealkylation sites (tertiary alicyclic amines) is 1. The molecule has 1 aliphatic rings. The smallest absolute Gasteiger partial charge is 0.0586 e. The molecule has 0 aliphatic carbocycles. The van der Waals surface area contributed by atoms with Crippen molar-refractivity contribution in [2.24, 2.45) is 0 Å². The highest BCUT2D eigenvalue weighted by atomic mass is 16.3. The highest BCUT2D eigenvalue weighted by molar-refractivity contribution is 4.77. The lowest BCUT2D eigenvalue weighted by atomic mass is 10.1. The normalized spacial score (nSPS) is 21.2. The Bertz CT molecular complexity index is 172. The van der Waals surface area contributed by atoms with Crippen LogP contribution in [0.4, 0.5) is 0 Å². The van der Waals surface area contributed by atoms with Crippen LogP contribution in [0, 0.1) is 0 Å². The number of unbranched alkanes of at least 4 members (excludes halogenated alkanes) is 7. The summed E-state index contributed by atoms with van der Waals surface area (Å²) < 4.78 is 0. The molecule has 0 bridgehead atoms. The lowest BCUT2D eigenvalue weighted by Crippen LogP contribution is -2.32. The maximum absolute atomic E-state index is 9.22. The van der Waals surface area contributed by atoms with Crippen molar-refractivity contribution in [2.75, 3.05) is 19.7 Å². The predicted octanol–water partition coefficient (Wildman–Crippen LogP) is 3.58.